The van der Waals surface area contributed by atoms with Crippen molar-refractivity contribution in [2.75, 3.05) is 5.32 Å². The number of anilines is 1. The Labute approximate surface area is 120 Å². The van der Waals surface area contributed by atoms with Gasteiger partial charge in [-0.05, 0) is 56.5 Å². The minimum Gasteiger partial charge on any atom is -0.405 e. The molecule has 0 aliphatic heterocycles. The predicted molar refractivity (Wildman–Crippen MR) is 72.5 cm³/mol. The number of nitrogens with one attached hydrogen (secondary N) is 1. The number of hydrogen-bond acceptors (Lipinski definition) is 3. The van der Waals surface area contributed by atoms with E-state index in [9.17, 15) is 13.2 Å². The lowest BCUT2D eigenvalue weighted by molar-refractivity contribution is -0.274. The Bertz CT molecular complexity index is 542. The fraction of sp³-hybridized carbons (Fsp3) is 0.167. The van der Waals surface area contributed by atoms with E-state index >= 15 is 0 Å². The fourth-order valence-electron chi connectivity index (χ4n) is 1.42. The molecule has 0 unspecified atom stereocenters. The van der Waals surface area contributed by atoms with E-state index in [2.05, 4.69) is 26.0 Å². The highest BCUT2D eigenvalue weighted by molar-refractivity contribution is 9.10. The third-order valence-electron chi connectivity index (χ3n) is 2.23. The van der Waals surface area contributed by atoms with Crippen LogP contribution in [0, 0.1) is 0 Å². The van der Waals surface area contributed by atoms with Crippen molar-refractivity contribution >= 4 is 33.0 Å². The number of rotatable bonds is 4. The zero-order valence-corrected chi connectivity index (χ0v) is 11.9. The number of benzene rings is 1. The SMILES string of the molecule is FC(F)(F)Oc1ccc(NCc2ccsc2)cc1Br. The van der Waals surface area contributed by atoms with E-state index in [1.165, 1.54) is 12.1 Å². The molecular formula is C12H9BrF3NOS. The van der Waals surface area contributed by atoms with Crippen molar-refractivity contribution in [1.29, 1.82) is 0 Å². The Morgan fingerprint density at radius 1 is 1.26 bits per heavy atom. The predicted octanol–water partition coefficient (Wildman–Crippen LogP) is 5.02. The van der Waals surface area contributed by atoms with Crippen molar-refractivity contribution in [3.05, 3.63) is 45.1 Å². The van der Waals surface area contributed by atoms with Crippen molar-refractivity contribution in [1.82, 2.24) is 0 Å². The van der Waals surface area contributed by atoms with Gasteiger partial charge < -0.3 is 10.1 Å². The summed E-state index contributed by atoms with van der Waals surface area (Å²) in [5, 5.41) is 7.09. The van der Waals surface area contributed by atoms with Crippen LogP contribution in [0.3, 0.4) is 0 Å². The first-order chi connectivity index (χ1) is 8.94. The molecule has 0 aliphatic rings. The van der Waals surface area contributed by atoms with E-state index in [1.807, 2.05) is 16.8 Å². The van der Waals surface area contributed by atoms with E-state index in [4.69, 9.17) is 0 Å². The smallest absolute Gasteiger partial charge is 0.405 e. The molecule has 0 fully saturated rings. The summed E-state index contributed by atoms with van der Waals surface area (Å²) in [6.45, 7) is 0.620. The van der Waals surface area contributed by atoms with Gasteiger partial charge in [0.1, 0.15) is 5.75 Å². The summed E-state index contributed by atoms with van der Waals surface area (Å²) in [6, 6.07) is 6.34. The summed E-state index contributed by atoms with van der Waals surface area (Å²) in [6.07, 6.45) is -4.69. The number of hydrogen-bond donors (Lipinski definition) is 1. The second kappa shape index (κ2) is 5.83. The maximum atomic E-state index is 12.1. The molecule has 2 aromatic rings. The molecule has 0 bridgehead atoms. The van der Waals surface area contributed by atoms with Crippen LogP contribution in [0.15, 0.2) is 39.5 Å². The third kappa shape index (κ3) is 4.43. The number of alkyl halides is 3. The largest absolute Gasteiger partial charge is 0.573 e. The van der Waals surface area contributed by atoms with Crippen LogP contribution < -0.4 is 10.1 Å². The Hall–Kier alpha value is -1.21. The molecule has 2 rings (SSSR count). The van der Waals surface area contributed by atoms with Crippen molar-refractivity contribution in [2.45, 2.75) is 12.9 Å². The van der Waals surface area contributed by atoms with E-state index in [0.29, 0.717) is 12.2 Å². The lowest BCUT2D eigenvalue weighted by atomic mass is 10.3. The van der Waals surface area contributed by atoms with E-state index in [0.717, 1.165) is 5.56 Å². The second-order valence-corrected chi connectivity index (χ2v) is 5.31. The minimum atomic E-state index is -4.69. The van der Waals surface area contributed by atoms with Gasteiger partial charge in [0, 0.05) is 12.2 Å². The van der Waals surface area contributed by atoms with Gasteiger partial charge in [0.2, 0.25) is 0 Å². The Balaban J connectivity index is 2.02. The van der Waals surface area contributed by atoms with Gasteiger partial charge in [-0.2, -0.15) is 11.3 Å². The molecular weight excluding hydrogens is 343 g/mol. The fourth-order valence-corrected chi connectivity index (χ4v) is 2.54. The van der Waals surface area contributed by atoms with Gasteiger partial charge in [0.15, 0.2) is 0 Å². The minimum absolute atomic E-state index is 0.250. The molecule has 0 amide bonds. The van der Waals surface area contributed by atoms with E-state index < -0.39 is 6.36 Å². The van der Waals surface area contributed by atoms with Crippen LogP contribution in [0.25, 0.3) is 0 Å². The van der Waals surface area contributed by atoms with Gasteiger partial charge in [0.05, 0.1) is 4.47 Å². The molecule has 0 atom stereocenters. The van der Waals surface area contributed by atoms with Gasteiger partial charge in [-0.25, -0.2) is 0 Å². The van der Waals surface area contributed by atoms with Crippen molar-refractivity contribution < 1.29 is 17.9 Å². The summed E-state index contributed by atoms with van der Waals surface area (Å²) < 4.78 is 40.4. The molecule has 19 heavy (non-hydrogen) atoms. The van der Waals surface area contributed by atoms with Crippen LogP contribution >= 0.6 is 27.3 Å². The molecule has 1 heterocycles. The summed E-state index contributed by atoms with van der Waals surface area (Å²) in [5.74, 6) is -0.256. The Morgan fingerprint density at radius 3 is 2.63 bits per heavy atom. The number of halogens is 4. The van der Waals surface area contributed by atoms with Crippen molar-refractivity contribution in [3.8, 4) is 5.75 Å². The van der Waals surface area contributed by atoms with E-state index in [1.54, 1.807) is 17.4 Å². The molecule has 1 aromatic carbocycles. The topological polar surface area (TPSA) is 21.3 Å². The van der Waals surface area contributed by atoms with Crippen molar-refractivity contribution in [2.24, 2.45) is 0 Å². The molecule has 7 heteroatoms. The van der Waals surface area contributed by atoms with Crippen LogP contribution in [0.2, 0.25) is 0 Å². The average molecular weight is 352 g/mol. The first kappa shape index (κ1) is 14.2. The van der Waals surface area contributed by atoms with Gasteiger partial charge in [-0.1, -0.05) is 0 Å². The van der Waals surface area contributed by atoms with Crippen LogP contribution in [-0.4, -0.2) is 6.36 Å². The average Bonchev–Trinajstić information content (AvgIpc) is 2.81. The zero-order valence-electron chi connectivity index (χ0n) is 9.50. The Morgan fingerprint density at radius 2 is 2.05 bits per heavy atom. The monoisotopic (exact) mass is 351 g/mol. The van der Waals surface area contributed by atoms with Crippen LogP contribution in [0.5, 0.6) is 5.75 Å². The maximum Gasteiger partial charge on any atom is 0.573 e. The number of ether oxygens (including phenoxy) is 1. The molecule has 0 saturated carbocycles. The molecule has 0 saturated heterocycles. The highest BCUT2D eigenvalue weighted by atomic mass is 79.9. The molecule has 102 valence electrons. The maximum absolute atomic E-state index is 12.1. The van der Waals surface area contributed by atoms with Gasteiger partial charge in [-0.15, -0.1) is 13.2 Å². The molecule has 0 spiro atoms. The first-order valence-corrected chi connectivity index (χ1v) is 6.98. The van der Waals surface area contributed by atoms with Gasteiger partial charge in [0.25, 0.3) is 0 Å². The Kier molecular flexibility index (Phi) is 4.36. The number of thiophene rings is 1. The summed E-state index contributed by atoms with van der Waals surface area (Å²) in [7, 11) is 0. The normalized spacial score (nSPS) is 11.4. The van der Waals surface area contributed by atoms with Crippen molar-refractivity contribution in [3.63, 3.8) is 0 Å². The summed E-state index contributed by atoms with van der Waals surface area (Å²) in [4.78, 5) is 0. The molecule has 1 N–H and O–H groups in total. The van der Waals surface area contributed by atoms with E-state index in [-0.39, 0.29) is 10.2 Å². The molecule has 0 aliphatic carbocycles. The third-order valence-corrected chi connectivity index (χ3v) is 3.59. The van der Waals surface area contributed by atoms with Gasteiger partial charge >= 0.3 is 6.36 Å². The zero-order chi connectivity index (χ0) is 13.9. The quantitative estimate of drug-likeness (QED) is 0.834. The lowest BCUT2D eigenvalue weighted by Gasteiger charge is -2.12. The first-order valence-electron chi connectivity index (χ1n) is 5.24. The lowest BCUT2D eigenvalue weighted by Crippen LogP contribution is -2.17. The molecule has 0 radical (unpaired) electrons. The van der Waals surface area contributed by atoms with Crippen LogP contribution in [-0.2, 0) is 6.54 Å². The summed E-state index contributed by atoms with van der Waals surface area (Å²) >= 11 is 4.65. The highest BCUT2D eigenvalue weighted by Gasteiger charge is 2.31. The molecule has 2 nitrogen and oxygen atoms in total. The van der Waals surface area contributed by atoms with Crippen LogP contribution in [0.1, 0.15) is 5.56 Å². The molecule has 1 aromatic heterocycles. The highest BCUT2D eigenvalue weighted by Crippen LogP contribution is 2.32. The van der Waals surface area contributed by atoms with Crippen LogP contribution in [0.4, 0.5) is 18.9 Å². The second-order valence-electron chi connectivity index (χ2n) is 3.68. The summed E-state index contributed by atoms with van der Waals surface area (Å²) in [5.41, 5.74) is 1.84. The standard InChI is InChI=1S/C12H9BrF3NOS/c13-10-5-9(17-6-8-3-4-19-7-8)1-2-11(10)18-12(14,15)16/h1-5,7,17H,6H2. The van der Waals surface area contributed by atoms with Gasteiger partial charge in [-0.3, -0.25) is 0 Å².